The molecule has 1 heterocycles. The Labute approximate surface area is 274 Å². The van der Waals surface area contributed by atoms with Crippen LogP contribution in [0.3, 0.4) is 0 Å². The molecule has 3 rings (SSSR count). The molecule has 0 aliphatic carbocycles. The van der Waals surface area contributed by atoms with Gasteiger partial charge in [0.2, 0.25) is 11.8 Å². The molecule has 1 saturated heterocycles. The second-order valence-corrected chi connectivity index (χ2v) is 13.9. The van der Waals surface area contributed by atoms with Crippen molar-refractivity contribution in [2.24, 2.45) is 11.1 Å². The summed E-state index contributed by atoms with van der Waals surface area (Å²) in [7, 11) is 0. The van der Waals surface area contributed by atoms with E-state index in [1.54, 1.807) is 13.8 Å². The summed E-state index contributed by atoms with van der Waals surface area (Å²) in [5.74, 6) is -0.227. The molecular weight excluding hydrogens is 582 g/mol. The van der Waals surface area contributed by atoms with Gasteiger partial charge in [-0.3, -0.25) is 9.59 Å². The van der Waals surface area contributed by atoms with Gasteiger partial charge in [0.05, 0.1) is 24.2 Å². The van der Waals surface area contributed by atoms with Crippen molar-refractivity contribution in [3.05, 3.63) is 75.4 Å². The van der Waals surface area contributed by atoms with Crippen LogP contribution in [-0.4, -0.2) is 70.7 Å². The molecule has 2 amide bonds. The molecule has 5 atom stereocenters. The molecular formula is C37H55N3O6. The van der Waals surface area contributed by atoms with Gasteiger partial charge in [-0.05, 0) is 99.2 Å². The van der Waals surface area contributed by atoms with Crippen LogP contribution in [0.4, 0.5) is 0 Å². The third-order valence-electron chi connectivity index (χ3n) is 9.18. The van der Waals surface area contributed by atoms with E-state index in [9.17, 15) is 24.9 Å². The second kappa shape index (κ2) is 15.7. The first kappa shape index (κ1) is 37.4. The Morgan fingerprint density at radius 1 is 1.07 bits per heavy atom. The molecule has 2 aromatic carbocycles. The minimum Gasteiger partial charge on any atom is -0.394 e. The summed E-state index contributed by atoms with van der Waals surface area (Å²) in [5.41, 5.74) is 10.9. The average molecular weight is 638 g/mol. The lowest BCUT2D eigenvalue weighted by molar-refractivity contribution is -0.179. The monoisotopic (exact) mass is 637 g/mol. The van der Waals surface area contributed by atoms with Crippen molar-refractivity contribution in [2.45, 2.75) is 111 Å². The zero-order valence-corrected chi connectivity index (χ0v) is 28.8. The molecule has 0 bridgehead atoms. The third kappa shape index (κ3) is 9.04. The summed E-state index contributed by atoms with van der Waals surface area (Å²) >= 11 is 0. The summed E-state index contributed by atoms with van der Waals surface area (Å²) in [6.45, 7) is 15.9. The number of carbonyl (C=O) groups excluding carboxylic acids is 2. The summed E-state index contributed by atoms with van der Waals surface area (Å²) in [5, 5.41) is 36.6. The van der Waals surface area contributed by atoms with Crippen LogP contribution in [0.2, 0.25) is 0 Å². The lowest BCUT2D eigenvalue weighted by atomic mass is 9.83. The first-order chi connectivity index (χ1) is 21.5. The number of carbonyl (C=O) groups is 2. The topological polar surface area (TPSA) is 154 Å². The van der Waals surface area contributed by atoms with Crippen molar-refractivity contribution < 1.29 is 29.6 Å². The van der Waals surface area contributed by atoms with Crippen LogP contribution in [0.5, 0.6) is 0 Å². The van der Waals surface area contributed by atoms with Gasteiger partial charge >= 0.3 is 0 Å². The van der Waals surface area contributed by atoms with E-state index in [2.05, 4.69) is 55.7 Å². The Bertz CT molecular complexity index is 1400. The van der Waals surface area contributed by atoms with Crippen molar-refractivity contribution in [2.75, 3.05) is 19.7 Å². The van der Waals surface area contributed by atoms with Crippen LogP contribution in [0.25, 0.3) is 6.08 Å². The summed E-state index contributed by atoms with van der Waals surface area (Å²) < 4.78 is 6.06. The minimum atomic E-state index is -1.08. The minimum absolute atomic E-state index is 0.192. The maximum atomic E-state index is 13.1. The Hall–Kier alpha value is -3.08. The number of ether oxygens (including phenoxy) is 1. The number of nitrogens with two attached hydrogens (primary N) is 1. The molecule has 254 valence electrons. The van der Waals surface area contributed by atoms with Crippen molar-refractivity contribution in [1.29, 1.82) is 0 Å². The zero-order chi connectivity index (χ0) is 34.4. The van der Waals surface area contributed by atoms with Gasteiger partial charge < -0.3 is 36.4 Å². The number of rotatable bonds is 13. The molecule has 0 spiro atoms. The predicted octanol–water partition coefficient (Wildman–Crippen LogP) is 3.96. The molecule has 9 nitrogen and oxygen atoms in total. The van der Waals surface area contributed by atoms with Crippen molar-refractivity contribution in [3.63, 3.8) is 0 Å². The highest BCUT2D eigenvalue weighted by atomic mass is 16.5. The van der Waals surface area contributed by atoms with E-state index < -0.39 is 35.4 Å². The summed E-state index contributed by atoms with van der Waals surface area (Å²) in [6.07, 6.45) is 2.29. The van der Waals surface area contributed by atoms with Crippen LogP contribution in [0.15, 0.2) is 36.4 Å². The summed E-state index contributed by atoms with van der Waals surface area (Å²) in [6, 6.07) is 10.5. The van der Waals surface area contributed by atoms with Crippen LogP contribution in [0, 0.1) is 19.3 Å². The van der Waals surface area contributed by atoms with Gasteiger partial charge in [0.15, 0.2) is 0 Å². The molecule has 46 heavy (non-hydrogen) atoms. The van der Waals surface area contributed by atoms with E-state index in [0.29, 0.717) is 25.4 Å². The number of hydrogen-bond donors (Lipinski definition) is 6. The van der Waals surface area contributed by atoms with Crippen LogP contribution in [0.1, 0.15) is 105 Å². The van der Waals surface area contributed by atoms with Gasteiger partial charge in [-0.2, -0.15) is 0 Å². The Balaban J connectivity index is 1.85. The maximum absolute atomic E-state index is 13.1. The lowest BCUT2D eigenvalue weighted by Gasteiger charge is -2.38. The molecule has 0 radical (unpaired) electrons. The Kier molecular flexibility index (Phi) is 12.7. The fraction of sp³-hybridized carbons (Fsp3) is 0.568. The van der Waals surface area contributed by atoms with Crippen molar-refractivity contribution in [3.8, 4) is 0 Å². The molecule has 5 unspecified atom stereocenters. The largest absolute Gasteiger partial charge is 0.394 e. The van der Waals surface area contributed by atoms with E-state index in [1.807, 2.05) is 39.0 Å². The molecule has 9 heteroatoms. The Morgan fingerprint density at radius 3 is 2.37 bits per heavy atom. The van der Waals surface area contributed by atoms with Gasteiger partial charge in [0, 0.05) is 19.5 Å². The smallest absolute Gasteiger partial charge is 0.245 e. The number of aliphatic hydroxyl groups is 3. The number of hydrogen-bond acceptors (Lipinski definition) is 7. The molecule has 1 aliphatic rings. The highest BCUT2D eigenvalue weighted by molar-refractivity contribution is 5.93. The van der Waals surface area contributed by atoms with E-state index in [4.69, 9.17) is 10.5 Å². The third-order valence-corrected chi connectivity index (χ3v) is 9.18. The average Bonchev–Trinajstić information content (AvgIpc) is 3.01. The van der Waals surface area contributed by atoms with Gasteiger partial charge in [0.25, 0.3) is 0 Å². The standard InChI is InChI=1S/C37H55N3O6/c1-9-22(2)29-17-24(4)30(33-32(43)31(42)20-28(21-41)46-33)19-27(29)18-26-11-10-25(16-23(26)3)12-13-36(5,6)34(44)40-37(7,8)35(45)39-15-14-38/h10-13,16-17,19,22,28,31-33,41-43H,9,14-15,18,20-21,38H2,1-8H3,(H,39,45)(H,40,44). The van der Waals surface area contributed by atoms with Crippen molar-refractivity contribution in [1.82, 2.24) is 10.6 Å². The molecule has 0 aromatic heterocycles. The quantitative estimate of drug-likeness (QED) is 0.194. The van der Waals surface area contributed by atoms with Crippen LogP contribution >= 0.6 is 0 Å². The number of aliphatic hydroxyl groups excluding tert-OH is 3. The van der Waals surface area contributed by atoms with E-state index in [1.165, 1.54) is 5.56 Å². The zero-order valence-electron chi connectivity index (χ0n) is 28.8. The summed E-state index contributed by atoms with van der Waals surface area (Å²) in [4.78, 5) is 25.6. The van der Waals surface area contributed by atoms with Gasteiger partial charge in [-0.1, -0.05) is 56.3 Å². The van der Waals surface area contributed by atoms with Crippen LogP contribution < -0.4 is 16.4 Å². The Morgan fingerprint density at radius 2 is 1.76 bits per heavy atom. The predicted molar refractivity (Wildman–Crippen MR) is 182 cm³/mol. The SMILES string of the molecule is CCC(C)c1cc(C)c(C2OC(CO)CC(O)C2O)cc1Cc1ccc(C=CC(C)(C)C(=O)NC(C)(C)C(=O)NCCN)cc1C. The highest BCUT2D eigenvalue weighted by Gasteiger charge is 2.38. The molecule has 1 fully saturated rings. The number of aryl methyl sites for hydroxylation is 2. The maximum Gasteiger partial charge on any atom is 0.245 e. The number of benzene rings is 2. The second-order valence-electron chi connectivity index (χ2n) is 13.9. The van der Waals surface area contributed by atoms with Crippen LogP contribution in [-0.2, 0) is 20.7 Å². The fourth-order valence-corrected chi connectivity index (χ4v) is 5.78. The normalized spacial score (nSPS) is 21.3. The highest BCUT2D eigenvalue weighted by Crippen LogP contribution is 2.37. The van der Waals surface area contributed by atoms with E-state index in [-0.39, 0.29) is 24.8 Å². The first-order valence-corrected chi connectivity index (χ1v) is 16.4. The fourth-order valence-electron chi connectivity index (χ4n) is 5.78. The molecule has 2 aromatic rings. The lowest BCUT2D eigenvalue weighted by Crippen LogP contribution is -2.57. The first-order valence-electron chi connectivity index (χ1n) is 16.4. The van der Waals surface area contributed by atoms with Crippen molar-refractivity contribution >= 4 is 17.9 Å². The number of amides is 2. The van der Waals surface area contributed by atoms with Gasteiger partial charge in [0.1, 0.15) is 17.7 Å². The van der Waals surface area contributed by atoms with Gasteiger partial charge in [-0.15, -0.1) is 0 Å². The molecule has 7 N–H and O–H groups in total. The van der Waals surface area contributed by atoms with Gasteiger partial charge in [-0.25, -0.2) is 0 Å². The number of nitrogens with one attached hydrogen (secondary N) is 2. The molecule has 1 aliphatic heterocycles. The van der Waals surface area contributed by atoms with E-state index in [0.717, 1.165) is 39.8 Å². The molecule has 0 saturated carbocycles. The van der Waals surface area contributed by atoms with E-state index >= 15 is 0 Å².